The van der Waals surface area contributed by atoms with Gasteiger partial charge in [-0.3, -0.25) is 14.5 Å². The van der Waals surface area contributed by atoms with E-state index < -0.39 is 0 Å². The molecule has 3 aliphatic rings. The van der Waals surface area contributed by atoms with Crippen molar-refractivity contribution < 1.29 is 9.59 Å². The van der Waals surface area contributed by atoms with Crippen LogP contribution in [0.5, 0.6) is 0 Å². The van der Waals surface area contributed by atoms with Crippen molar-refractivity contribution in [2.75, 3.05) is 6.54 Å². The van der Waals surface area contributed by atoms with Crippen LogP contribution in [0.4, 0.5) is 4.79 Å². The SMILES string of the molecule is CC1(C)CC(=O)c2c([C@@H]3CCCN3C(=O)NC3CCCCC3)nn(Cc3ccccn3)c2C1. The molecule has 2 amide bonds. The second-order valence-electron chi connectivity index (χ2n) is 10.8. The molecule has 7 nitrogen and oxygen atoms in total. The van der Waals surface area contributed by atoms with Gasteiger partial charge in [0.25, 0.3) is 0 Å². The molecule has 1 aliphatic heterocycles. The highest BCUT2D eigenvalue weighted by Gasteiger charge is 2.41. The quantitative estimate of drug-likeness (QED) is 0.736. The van der Waals surface area contributed by atoms with Gasteiger partial charge in [0.1, 0.15) is 0 Å². The summed E-state index contributed by atoms with van der Waals surface area (Å²) in [6.07, 6.45) is 10.6. The van der Waals surface area contributed by atoms with E-state index in [2.05, 4.69) is 24.1 Å². The molecule has 2 aliphatic carbocycles. The molecule has 1 atom stereocenters. The lowest BCUT2D eigenvalue weighted by Crippen LogP contribution is -2.45. The summed E-state index contributed by atoms with van der Waals surface area (Å²) >= 11 is 0. The molecule has 2 aromatic heterocycles. The van der Waals surface area contributed by atoms with Gasteiger partial charge in [-0.25, -0.2) is 4.79 Å². The van der Waals surface area contributed by atoms with Crippen LogP contribution in [0, 0.1) is 5.41 Å². The van der Waals surface area contributed by atoms with Crippen molar-refractivity contribution in [1.82, 2.24) is 25.0 Å². The molecule has 0 bridgehead atoms. The lowest BCUT2D eigenvalue weighted by atomic mass is 9.75. The maximum absolute atomic E-state index is 13.3. The molecule has 7 heteroatoms. The predicted molar refractivity (Wildman–Crippen MR) is 126 cm³/mol. The lowest BCUT2D eigenvalue weighted by molar-refractivity contribution is 0.0907. The molecule has 1 saturated carbocycles. The molecule has 2 aromatic rings. The molecule has 5 rings (SSSR count). The van der Waals surface area contributed by atoms with Crippen LogP contribution in [0.2, 0.25) is 0 Å². The average molecular weight is 450 g/mol. The summed E-state index contributed by atoms with van der Waals surface area (Å²) in [5.74, 6) is 0.156. The third-order valence-electron chi connectivity index (χ3n) is 7.45. The lowest BCUT2D eigenvalue weighted by Gasteiger charge is -2.31. The van der Waals surface area contributed by atoms with Crippen molar-refractivity contribution >= 4 is 11.8 Å². The third-order valence-corrected chi connectivity index (χ3v) is 7.45. The summed E-state index contributed by atoms with van der Waals surface area (Å²) in [6.45, 7) is 5.54. The number of urea groups is 1. The van der Waals surface area contributed by atoms with Crippen LogP contribution in [0.3, 0.4) is 0 Å². The molecular formula is C26H35N5O2. The normalized spacial score (nSPS) is 22.9. The number of hydrogen-bond donors (Lipinski definition) is 1. The van der Waals surface area contributed by atoms with Gasteiger partial charge in [0, 0.05) is 25.2 Å². The Morgan fingerprint density at radius 2 is 1.94 bits per heavy atom. The van der Waals surface area contributed by atoms with Gasteiger partial charge >= 0.3 is 6.03 Å². The van der Waals surface area contributed by atoms with E-state index in [1.165, 1.54) is 19.3 Å². The summed E-state index contributed by atoms with van der Waals surface area (Å²) in [6, 6.07) is 6.00. The van der Waals surface area contributed by atoms with Crippen LogP contribution in [0.25, 0.3) is 0 Å². The molecule has 0 spiro atoms. The Morgan fingerprint density at radius 1 is 1.12 bits per heavy atom. The van der Waals surface area contributed by atoms with Gasteiger partial charge in [-0.05, 0) is 49.7 Å². The predicted octanol–water partition coefficient (Wildman–Crippen LogP) is 4.66. The van der Waals surface area contributed by atoms with E-state index in [1.807, 2.05) is 27.8 Å². The van der Waals surface area contributed by atoms with Crippen LogP contribution in [0.1, 0.15) is 98.7 Å². The van der Waals surface area contributed by atoms with Crippen molar-refractivity contribution in [2.24, 2.45) is 5.41 Å². The first-order chi connectivity index (χ1) is 15.9. The summed E-state index contributed by atoms with van der Waals surface area (Å²) in [4.78, 5) is 33.0. The van der Waals surface area contributed by atoms with Gasteiger partial charge in [-0.15, -0.1) is 0 Å². The van der Waals surface area contributed by atoms with Crippen molar-refractivity contribution in [3.63, 3.8) is 0 Å². The number of hydrogen-bond acceptors (Lipinski definition) is 4. The summed E-state index contributed by atoms with van der Waals surface area (Å²) < 4.78 is 1.97. The number of nitrogens with one attached hydrogen (secondary N) is 1. The minimum atomic E-state index is -0.141. The molecule has 176 valence electrons. The topological polar surface area (TPSA) is 80.1 Å². The van der Waals surface area contributed by atoms with Gasteiger partial charge in [0.15, 0.2) is 5.78 Å². The van der Waals surface area contributed by atoms with E-state index in [-0.39, 0.29) is 29.3 Å². The zero-order valence-electron chi connectivity index (χ0n) is 19.8. The first-order valence-electron chi connectivity index (χ1n) is 12.5. The Hall–Kier alpha value is -2.70. The summed E-state index contributed by atoms with van der Waals surface area (Å²) in [7, 11) is 0. The highest BCUT2D eigenvalue weighted by molar-refractivity contribution is 6.00. The van der Waals surface area contributed by atoms with E-state index in [4.69, 9.17) is 5.10 Å². The van der Waals surface area contributed by atoms with Crippen molar-refractivity contribution in [2.45, 2.75) is 90.3 Å². The number of carbonyl (C=O) groups is 2. The van der Waals surface area contributed by atoms with Crippen LogP contribution in [0.15, 0.2) is 24.4 Å². The smallest absolute Gasteiger partial charge is 0.318 e. The first-order valence-corrected chi connectivity index (χ1v) is 12.5. The van der Waals surface area contributed by atoms with E-state index >= 15 is 0 Å². The monoisotopic (exact) mass is 449 g/mol. The average Bonchev–Trinajstić information content (AvgIpc) is 3.40. The van der Waals surface area contributed by atoms with Crippen LogP contribution in [-0.4, -0.2) is 44.1 Å². The Morgan fingerprint density at radius 3 is 2.70 bits per heavy atom. The van der Waals surface area contributed by atoms with E-state index in [1.54, 1.807) is 6.20 Å². The number of Topliss-reactive ketones (excluding diaryl/α,β-unsaturated/α-hetero) is 1. The molecule has 0 unspecified atom stereocenters. The van der Waals surface area contributed by atoms with E-state index in [0.29, 0.717) is 19.5 Å². The van der Waals surface area contributed by atoms with E-state index in [9.17, 15) is 9.59 Å². The number of aromatic nitrogens is 3. The number of carbonyl (C=O) groups excluding carboxylic acids is 2. The van der Waals surface area contributed by atoms with Gasteiger partial charge in [0.05, 0.1) is 35.2 Å². The summed E-state index contributed by atoms with van der Waals surface area (Å²) in [5, 5.41) is 8.27. The van der Waals surface area contributed by atoms with Crippen LogP contribution in [-0.2, 0) is 13.0 Å². The third kappa shape index (κ3) is 4.55. The highest BCUT2D eigenvalue weighted by Crippen LogP contribution is 2.41. The van der Waals surface area contributed by atoms with Crippen LogP contribution < -0.4 is 5.32 Å². The fourth-order valence-corrected chi connectivity index (χ4v) is 5.85. The minimum Gasteiger partial charge on any atom is -0.335 e. The Balaban J connectivity index is 1.46. The molecule has 1 saturated heterocycles. The Kier molecular flexibility index (Phi) is 5.97. The largest absolute Gasteiger partial charge is 0.335 e. The zero-order valence-corrected chi connectivity index (χ0v) is 19.8. The molecule has 0 radical (unpaired) electrons. The number of amides is 2. The molecule has 2 fully saturated rings. The van der Waals surface area contributed by atoms with E-state index in [0.717, 1.165) is 54.7 Å². The standard InChI is InChI=1S/C26H35N5O2/c1-26(2)15-21-23(22(32)16-26)24(29-31(21)17-19-11-6-7-13-27-19)20-12-8-14-30(20)25(33)28-18-9-4-3-5-10-18/h6-7,11,13,18,20H,3-5,8-10,12,14-17H2,1-2H3,(H,28,33)/t20-/m0/s1. The number of rotatable bonds is 4. The Labute approximate surface area is 195 Å². The number of fused-ring (bicyclic) bond motifs is 1. The molecule has 3 heterocycles. The van der Waals surface area contributed by atoms with Gasteiger partial charge in [-0.2, -0.15) is 5.10 Å². The maximum atomic E-state index is 13.3. The summed E-state index contributed by atoms with van der Waals surface area (Å²) in [5.41, 5.74) is 3.36. The number of pyridine rings is 1. The van der Waals surface area contributed by atoms with Gasteiger partial charge < -0.3 is 10.2 Å². The molecule has 0 aromatic carbocycles. The van der Waals surface area contributed by atoms with Crippen molar-refractivity contribution in [1.29, 1.82) is 0 Å². The fourth-order valence-electron chi connectivity index (χ4n) is 5.85. The second-order valence-corrected chi connectivity index (χ2v) is 10.8. The van der Waals surface area contributed by atoms with Gasteiger partial charge in [-0.1, -0.05) is 39.2 Å². The second kappa shape index (κ2) is 8.92. The Bertz CT molecular complexity index is 1020. The molecule has 1 N–H and O–H groups in total. The number of likely N-dealkylation sites (tertiary alicyclic amines) is 1. The first kappa shape index (κ1) is 22.1. The van der Waals surface area contributed by atoms with Gasteiger partial charge in [0.2, 0.25) is 0 Å². The minimum absolute atomic E-state index is 0.000939. The molecule has 33 heavy (non-hydrogen) atoms. The van der Waals surface area contributed by atoms with Crippen molar-refractivity contribution in [3.05, 3.63) is 47.0 Å². The van der Waals surface area contributed by atoms with Crippen LogP contribution >= 0.6 is 0 Å². The van der Waals surface area contributed by atoms with Crippen molar-refractivity contribution in [3.8, 4) is 0 Å². The fraction of sp³-hybridized carbons (Fsp3) is 0.615. The highest BCUT2D eigenvalue weighted by atomic mass is 16.2. The maximum Gasteiger partial charge on any atom is 0.318 e. The number of ketones is 1. The zero-order chi connectivity index (χ0) is 23.0. The molecular weight excluding hydrogens is 414 g/mol. The number of nitrogens with zero attached hydrogens (tertiary/aromatic N) is 4.